The minimum Gasteiger partial charge on any atom is -0.497 e. The number of benzene rings is 2. The van der Waals surface area contributed by atoms with Gasteiger partial charge in [-0.05, 0) is 61.5 Å². The van der Waals surface area contributed by atoms with Crippen molar-refractivity contribution < 1.29 is 28.5 Å². The van der Waals surface area contributed by atoms with Gasteiger partial charge in [-0.1, -0.05) is 13.0 Å². The first-order chi connectivity index (χ1) is 15.8. The maximum absolute atomic E-state index is 13.3. The first-order valence-electron chi connectivity index (χ1n) is 10.3. The zero-order chi connectivity index (χ0) is 24.1. The van der Waals surface area contributed by atoms with Gasteiger partial charge in [0.05, 0.1) is 33.1 Å². The number of ether oxygens (including phenoxy) is 4. The molecule has 1 atom stereocenters. The number of hydrogen-bond donors (Lipinski definition) is 1. The summed E-state index contributed by atoms with van der Waals surface area (Å²) in [5.74, 6) is 0.835. The molecule has 174 valence electrons. The largest absolute Gasteiger partial charge is 0.497 e. The van der Waals surface area contributed by atoms with Gasteiger partial charge in [0.2, 0.25) is 0 Å². The Morgan fingerprint density at radius 1 is 1.00 bits per heavy atom. The molecule has 2 aromatic rings. The van der Waals surface area contributed by atoms with E-state index in [1.165, 1.54) is 32.3 Å². The maximum atomic E-state index is 13.3. The average molecular weight is 471 g/mol. The quantitative estimate of drug-likeness (QED) is 0.357. The van der Waals surface area contributed by atoms with Gasteiger partial charge in [-0.15, -0.1) is 0 Å². The van der Waals surface area contributed by atoms with Crippen molar-refractivity contribution >= 4 is 40.9 Å². The molecule has 0 spiro atoms. The molecule has 0 radical (unpaired) electrons. The van der Waals surface area contributed by atoms with Crippen LogP contribution in [0.1, 0.15) is 25.8 Å². The second-order valence-electron chi connectivity index (χ2n) is 7.24. The Balaban J connectivity index is 1.99. The summed E-state index contributed by atoms with van der Waals surface area (Å²) < 4.78 is 21.9. The number of methoxy groups -OCH3 is 3. The lowest BCUT2D eigenvalue weighted by atomic mass is 10.1. The number of hydrogen-bond acceptors (Lipinski definition) is 7. The van der Waals surface area contributed by atoms with Gasteiger partial charge in [-0.2, -0.15) is 0 Å². The second-order valence-corrected chi connectivity index (χ2v) is 7.63. The summed E-state index contributed by atoms with van der Waals surface area (Å²) >= 11 is 5.28. The van der Waals surface area contributed by atoms with Gasteiger partial charge in [0.15, 0.2) is 16.6 Å². The highest BCUT2D eigenvalue weighted by atomic mass is 32.1. The normalized spacial score (nSPS) is 15.8. The van der Waals surface area contributed by atoms with E-state index in [-0.39, 0.29) is 16.8 Å². The Hall–Kier alpha value is -3.59. The fourth-order valence-corrected chi connectivity index (χ4v) is 3.46. The fraction of sp³-hybridized carbons (Fsp3) is 0.292. The molecular weight excluding hydrogens is 444 g/mol. The summed E-state index contributed by atoms with van der Waals surface area (Å²) in [4.78, 5) is 27.2. The number of carbonyl (C=O) groups excluding carboxylic acids is 2. The molecule has 33 heavy (non-hydrogen) atoms. The molecule has 0 aromatic heterocycles. The SMILES string of the molecule is CC[C@H](C)Oc1ccc(/C=C2\C(=O)NC(=S)N(c3ccc(OC)cc3OC)C2=O)cc1OC. The lowest BCUT2D eigenvalue weighted by Gasteiger charge is -2.30. The third kappa shape index (κ3) is 5.09. The van der Waals surface area contributed by atoms with Crippen LogP contribution in [0.25, 0.3) is 6.08 Å². The molecular formula is C24H26N2O6S. The molecule has 1 N–H and O–H groups in total. The lowest BCUT2D eigenvalue weighted by molar-refractivity contribution is -0.122. The van der Waals surface area contributed by atoms with Crippen LogP contribution in [0.4, 0.5) is 5.69 Å². The number of anilines is 1. The second kappa shape index (κ2) is 10.4. The van der Waals surface area contributed by atoms with E-state index < -0.39 is 11.8 Å². The van der Waals surface area contributed by atoms with Crippen molar-refractivity contribution in [2.45, 2.75) is 26.4 Å². The Labute approximate surface area is 198 Å². The number of nitrogens with zero attached hydrogens (tertiary/aromatic N) is 1. The van der Waals surface area contributed by atoms with Crippen LogP contribution in [0.15, 0.2) is 42.0 Å². The van der Waals surface area contributed by atoms with Crippen molar-refractivity contribution in [3.8, 4) is 23.0 Å². The molecule has 8 nitrogen and oxygen atoms in total. The maximum Gasteiger partial charge on any atom is 0.270 e. The van der Waals surface area contributed by atoms with Crippen LogP contribution in [0.2, 0.25) is 0 Å². The third-order valence-corrected chi connectivity index (χ3v) is 5.42. The van der Waals surface area contributed by atoms with Crippen LogP contribution in [0, 0.1) is 0 Å². The Bertz CT molecular complexity index is 1110. The van der Waals surface area contributed by atoms with Crippen molar-refractivity contribution in [1.82, 2.24) is 5.32 Å². The van der Waals surface area contributed by atoms with Crippen molar-refractivity contribution in [2.24, 2.45) is 0 Å². The first-order valence-corrected chi connectivity index (χ1v) is 10.7. The van der Waals surface area contributed by atoms with E-state index in [0.717, 1.165) is 6.42 Å². The number of carbonyl (C=O) groups is 2. The zero-order valence-corrected chi connectivity index (χ0v) is 19.9. The average Bonchev–Trinajstić information content (AvgIpc) is 2.82. The number of nitrogens with one attached hydrogen (secondary N) is 1. The van der Waals surface area contributed by atoms with E-state index in [9.17, 15) is 9.59 Å². The standard InChI is InChI=1S/C24H26N2O6S/c1-6-14(2)32-19-10-7-15(12-21(19)31-5)11-17-22(27)25-24(33)26(23(17)28)18-9-8-16(29-3)13-20(18)30-4/h7-14H,6H2,1-5H3,(H,25,27,33)/b17-11+/t14-/m0/s1. The molecule has 0 saturated carbocycles. The predicted molar refractivity (Wildman–Crippen MR) is 129 cm³/mol. The molecule has 0 bridgehead atoms. The minimum absolute atomic E-state index is 0.0165. The number of rotatable bonds is 8. The van der Waals surface area contributed by atoms with Crippen LogP contribution >= 0.6 is 12.2 Å². The lowest BCUT2D eigenvalue weighted by Crippen LogP contribution is -2.54. The molecule has 1 aliphatic heterocycles. The third-order valence-electron chi connectivity index (χ3n) is 5.13. The van der Waals surface area contributed by atoms with E-state index in [0.29, 0.717) is 34.2 Å². The minimum atomic E-state index is -0.590. The molecule has 1 aliphatic rings. The molecule has 1 heterocycles. The summed E-state index contributed by atoms with van der Waals surface area (Å²) in [6, 6.07) is 10.1. The van der Waals surface area contributed by atoms with E-state index in [2.05, 4.69) is 5.32 Å². The molecule has 2 amide bonds. The van der Waals surface area contributed by atoms with Gasteiger partial charge in [-0.3, -0.25) is 14.9 Å². The monoisotopic (exact) mass is 470 g/mol. The summed E-state index contributed by atoms with van der Waals surface area (Å²) in [7, 11) is 4.53. The molecule has 3 rings (SSSR count). The van der Waals surface area contributed by atoms with Crippen LogP contribution in [-0.2, 0) is 9.59 Å². The van der Waals surface area contributed by atoms with Crippen molar-refractivity contribution in [1.29, 1.82) is 0 Å². The molecule has 9 heteroatoms. The molecule has 0 aliphatic carbocycles. The van der Waals surface area contributed by atoms with Crippen molar-refractivity contribution in [2.75, 3.05) is 26.2 Å². The van der Waals surface area contributed by atoms with E-state index in [1.807, 2.05) is 13.8 Å². The van der Waals surface area contributed by atoms with Gasteiger partial charge < -0.3 is 18.9 Å². The summed E-state index contributed by atoms with van der Waals surface area (Å²) in [6.07, 6.45) is 2.34. The van der Waals surface area contributed by atoms with E-state index in [4.69, 9.17) is 31.2 Å². The van der Waals surface area contributed by atoms with Crippen LogP contribution in [0.5, 0.6) is 23.0 Å². The van der Waals surface area contributed by atoms with E-state index >= 15 is 0 Å². The highest BCUT2D eigenvalue weighted by molar-refractivity contribution is 7.80. The topological polar surface area (TPSA) is 86.3 Å². The summed E-state index contributed by atoms with van der Waals surface area (Å²) in [5, 5.41) is 2.53. The molecule has 0 unspecified atom stereocenters. The molecule has 1 fully saturated rings. The molecule has 1 saturated heterocycles. The van der Waals surface area contributed by atoms with Gasteiger partial charge in [0, 0.05) is 6.07 Å². The van der Waals surface area contributed by atoms with Gasteiger partial charge in [-0.25, -0.2) is 4.90 Å². The first kappa shape index (κ1) is 24.1. The highest BCUT2D eigenvalue weighted by Crippen LogP contribution is 2.35. The van der Waals surface area contributed by atoms with Crippen LogP contribution < -0.4 is 29.2 Å². The molecule has 2 aromatic carbocycles. The fourth-order valence-electron chi connectivity index (χ4n) is 3.18. The van der Waals surface area contributed by atoms with Crippen LogP contribution in [-0.4, -0.2) is 44.4 Å². The van der Waals surface area contributed by atoms with Crippen LogP contribution in [0.3, 0.4) is 0 Å². The Morgan fingerprint density at radius 2 is 1.73 bits per heavy atom. The number of amides is 2. The summed E-state index contributed by atoms with van der Waals surface area (Å²) in [5.41, 5.74) is 0.893. The van der Waals surface area contributed by atoms with Crippen molar-refractivity contribution in [3.05, 3.63) is 47.5 Å². The Morgan fingerprint density at radius 3 is 2.36 bits per heavy atom. The number of thiocarbonyl (C=S) groups is 1. The van der Waals surface area contributed by atoms with Gasteiger partial charge in [0.1, 0.15) is 17.1 Å². The van der Waals surface area contributed by atoms with Gasteiger partial charge in [0.25, 0.3) is 11.8 Å². The smallest absolute Gasteiger partial charge is 0.270 e. The highest BCUT2D eigenvalue weighted by Gasteiger charge is 2.36. The van der Waals surface area contributed by atoms with Gasteiger partial charge >= 0.3 is 0 Å². The Kier molecular flexibility index (Phi) is 7.55. The van der Waals surface area contributed by atoms with E-state index in [1.54, 1.807) is 36.4 Å². The van der Waals surface area contributed by atoms with Crippen molar-refractivity contribution in [3.63, 3.8) is 0 Å². The predicted octanol–water partition coefficient (Wildman–Crippen LogP) is 3.72. The zero-order valence-electron chi connectivity index (χ0n) is 19.1. The summed E-state index contributed by atoms with van der Waals surface area (Å²) in [6.45, 7) is 3.99.